The number of aromatic nitrogens is 1. The summed E-state index contributed by atoms with van der Waals surface area (Å²) in [7, 11) is 0. The van der Waals surface area contributed by atoms with E-state index in [9.17, 15) is 9.59 Å². The van der Waals surface area contributed by atoms with E-state index in [1.165, 1.54) is 0 Å². The summed E-state index contributed by atoms with van der Waals surface area (Å²) in [6, 6.07) is 16.8. The predicted molar refractivity (Wildman–Crippen MR) is 102 cm³/mol. The number of benzene rings is 2. The van der Waals surface area contributed by atoms with E-state index in [-0.39, 0.29) is 11.8 Å². The SMILES string of the molecule is Cc1cc(C(=O)Nc2ccccc2N2CCCC2=O)c2ccccc2n1. The molecule has 3 aromatic rings. The first kappa shape index (κ1) is 16.3. The van der Waals surface area contributed by atoms with E-state index in [1.807, 2.05) is 55.5 Å². The molecule has 0 spiro atoms. The lowest BCUT2D eigenvalue weighted by molar-refractivity contribution is -0.117. The highest BCUT2D eigenvalue weighted by Gasteiger charge is 2.24. The van der Waals surface area contributed by atoms with Crippen LogP contribution in [0.1, 0.15) is 28.9 Å². The van der Waals surface area contributed by atoms with Gasteiger partial charge in [-0.25, -0.2) is 0 Å². The molecule has 26 heavy (non-hydrogen) atoms. The van der Waals surface area contributed by atoms with Gasteiger partial charge in [-0.3, -0.25) is 14.6 Å². The molecule has 1 fully saturated rings. The summed E-state index contributed by atoms with van der Waals surface area (Å²) in [5.74, 6) is -0.109. The smallest absolute Gasteiger partial charge is 0.256 e. The number of pyridine rings is 1. The topological polar surface area (TPSA) is 62.3 Å². The highest BCUT2D eigenvalue weighted by atomic mass is 16.2. The monoisotopic (exact) mass is 345 g/mol. The third-order valence-corrected chi connectivity index (χ3v) is 4.61. The predicted octanol–water partition coefficient (Wildman–Crippen LogP) is 3.92. The summed E-state index contributed by atoms with van der Waals surface area (Å²) >= 11 is 0. The van der Waals surface area contributed by atoms with E-state index in [1.54, 1.807) is 11.0 Å². The molecule has 2 heterocycles. The molecule has 4 rings (SSSR count). The molecule has 0 radical (unpaired) electrons. The average molecular weight is 345 g/mol. The minimum atomic E-state index is -0.203. The Morgan fingerprint density at radius 3 is 2.69 bits per heavy atom. The molecule has 0 atom stereocenters. The highest BCUT2D eigenvalue weighted by Crippen LogP contribution is 2.30. The lowest BCUT2D eigenvalue weighted by Crippen LogP contribution is -2.25. The number of amides is 2. The quantitative estimate of drug-likeness (QED) is 0.782. The zero-order valence-corrected chi connectivity index (χ0v) is 14.5. The van der Waals surface area contributed by atoms with Crippen molar-refractivity contribution in [1.82, 2.24) is 4.98 Å². The van der Waals surface area contributed by atoms with Crippen molar-refractivity contribution in [3.05, 3.63) is 65.9 Å². The molecule has 1 aromatic heterocycles. The summed E-state index contributed by atoms with van der Waals surface area (Å²) in [5, 5.41) is 3.79. The van der Waals surface area contributed by atoms with Crippen molar-refractivity contribution in [2.45, 2.75) is 19.8 Å². The van der Waals surface area contributed by atoms with Crippen molar-refractivity contribution in [1.29, 1.82) is 0 Å². The largest absolute Gasteiger partial charge is 0.320 e. The molecule has 5 nitrogen and oxygen atoms in total. The second kappa shape index (κ2) is 6.59. The van der Waals surface area contributed by atoms with Crippen LogP contribution in [-0.4, -0.2) is 23.3 Å². The highest BCUT2D eigenvalue weighted by molar-refractivity contribution is 6.14. The molecule has 1 aliphatic rings. The lowest BCUT2D eigenvalue weighted by atomic mass is 10.1. The van der Waals surface area contributed by atoms with Crippen molar-refractivity contribution < 1.29 is 9.59 Å². The van der Waals surface area contributed by atoms with Crippen molar-refractivity contribution in [3.8, 4) is 0 Å². The average Bonchev–Trinajstić information content (AvgIpc) is 3.07. The Bertz CT molecular complexity index is 1010. The molecule has 0 saturated carbocycles. The van der Waals surface area contributed by atoms with Gasteiger partial charge in [0, 0.05) is 24.0 Å². The number of para-hydroxylation sites is 3. The Balaban J connectivity index is 1.71. The van der Waals surface area contributed by atoms with Crippen LogP contribution in [0, 0.1) is 6.92 Å². The van der Waals surface area contributed by atoms with Gasteiger partial charge in [0.25, 0.3) is 5.91 Å². The molecule has 0 unspecified atom stereocenters. The van der Waals surface area contributed by atoms with E-state index >= 15 is 0 Å². The first-order valence-electron chi connectivity index (χ1n) is 8.70. The number of carbonyl (C=O) groups is 2. The first-order chi connectivity index (χ1) is 12.6. The Kier molecular flexibility index (Phi) is 4.13. The maximum Gasteiger partial charge on any atom is 0.256 e. The number of carbonyl (C=O) groups excluding carboxylic acids is 2. The second-order valence-electron chi connectivity index (χ2n) is 6.45. The third kappa shape index (κ3) is 2.92. The fourth-order valence-electron chi connectivity index (χ4n) is 3.40. The zero-order valence-electron chi connectivity index (χ0n) is 14.5. The maximum absolute atomic E-state index is 13.0. The number of anilines is 2. The number of aryl methyl sites for hydroxylation is 1. The van der Waals surface area contributed by atoms with Gasteiger partial charge >= 0.3 is 0 Å². The zero-order chi connectivity index (χ0) is 18.1. The summed E-state index contributed by atoms with van der Waals surface area (Å²) in [4.78, 5) is 31.3. The Morgan fingerprint density at radius 2 is 1.88 bits per heavy atom. The number of hydrogen-bond donors (Lipinski definition) is 1. The molecule has 2 aromatic carbocycles. The van der Waals surface area contributed by atoms with Crippen LogP contribution in [0.25, 0.3) is 10.9 Å². The van der Waals surface area contributed by atoms with Crippen LogP contribution < -0.4 is 10.2 Å². The van der Waals surface area contributed by atoms with Gasteiger partial charge in [0.2, 0.25) is 5.91 Å². The first-order valence-corrected chi connectivity index (χ1v) is 8.70. The molecular formula is C21H19N3O2. The molecule has 5 heteroatoms. The number of nitrogens with zero attached hydrogens (tertiary/aromatic N) is 2. The molecule has 0 aliphatic carbocycles. The normalized spacial score (nSPS) is 14.0. The van der Waals surface area contributed by atoms with Crippen LogP contribution in [-0.2, 0) is 4.79 Å². The van der Waals surface area contributed by atoms with Crippen molar-refractivity contribution in [2.75, 3.05) is 16.8 Å². The second-order valence-corrected chi connectivity index (χ2v) is 6.45. The Hall–Kier alpha value is -3.21. The fourth-order valence-corrected chi connectivity index (χ4v) is 3.40. The molecule has 2 amide bonds. The van der Waals surface area contributed by atoms with Crippen LogP contribution in [0.3, 0.4) is 0 Å². The lowest BCUT2D eigenvalue weighted by Gasteiger charge is -2.20. The Labute approximate surface area is 151 Å². The van der Waals surface area contributed by atoms with Crippen LogP contribution in [0.5, 0.6) is 0 Å². The molecule has 130 valence electrons. The van der Waals surface area contributed by atoms with Crippen LogP contribution in [0.4, 0.5) is 11.4 Å². The van der Waals surface area contributed by atoms with E-state index in [2.05, 4.69) is 10.3 Å². The fraction of sp³-hybridized carbons (Fsp3) is 0.190. The van der Waals surface area contributed by atoms with Gasteiger partial charge in [-0.05, 0) is 37.6 Å². The third-order valence-electron chi connectivity index (χ3n) is 4.61. The van der Waals surface area contributed by atoms with Gasteiger partial charge in [0.05, 0.1) is 22.5 Å². The van der Waals surface area contributed by atoms with Gasteiger partial charge in [-0.2, -0.15) is 0 Å². The number of fused-ring (bicyclic) bond motifs is 1. The van der Waals surface area contributed by atoms with Crippen molar-refractivity contribution >= 4 is 34.1 Å². The van der Waals surface area contributed by atoms with E-state index in [0.717, 1.165) is 28.7 Å². The molecule has 1 N–H and O–H groups in total. The van der Waals surface area contributed by atoms with E-state index < -0.39 is 0 Å². The summed E-state index contributed by atoms with van der Waals surface area (Å²) in [5.41, 5.74) is 3.55. The molecular weight excluding hydrogens is 326 g/mol. The molecule has 0 bridgehead atoms. The van der Waals surface area contributed by atoms with Gasteiger partial charge in [-0.1, -0.05) is 30.3 Å². The summed E-state index contributed by atoms with van der Waals surface area (Å²) in [6.07, 6.45) is 1.39. The number of nitrogens with one attached hydrogen (secondary N) is 1. The standard InChI is InChI=1S/C21H19N3O2/c1-14-13-16(15-7-2-3-8-17(15)22-14)21(26)23-18-9-4-5-10-19(18)24-12-6-11-20(24)25/h2-5,7-10,13H,6,11-12H2,1H3,(H,23,26). The van der Waals surface area contributed by atoms with E-state index in [0.29, 0.717) is 24.2 Å². The molecule has 1 saturated heterocycles. The number of rotatable bonds is 3. The van der Waals surface area contributed by atoms with Gasteiger partial charge < -0.3 is 10.2 Å². The molecule has 1 aliphatic heterocycles. The van der Waals surface area contributed by atoms with Crippen LogP contribution in [0.15, 0.2) is 54.6 Å². The summed E-state index contributed by atoms with van der Waals surface area (Å²) in [6.45, 7) is 2.56. The number of hydrogen-bond acceptors (Lipinski definition) is 3. The van der Waals surface area contributed by atoms with Gasteiger partial charge in [0.15, 0.2) is 0 Å². The minimum absolute atomic E-state index is 0.0944. The van der Waals surface area contributed by atoms with Gasteiger partial charge in [-0.15, -0.1) is 0 Å². The minimum Gasteiger partial charge on any atom is -0.320 e. The van der Waals surface area contributed by atoms with Crippen molar-refractivity contribution in [3.63, 3.8) is 0 Å². The van der Waals surface area contributed by atoms with Crippen LogP contribution >= 0.6 is 0 Å². The van der Waals surface area contributed by atoms with E-state index in [4.69, 9.17) is 0 Å². The van der Waals surface area contributed by atoms with Gasteiger partial charge in [0.1, 0.15) is 0 Å². The summed E-state index contributed by atoms with van der Waals surface area (Å²) < 4.78 is 0. The van der Waals surface area contributed by atoms with Crippen LogP contribution in [0.2, 0.25) is 0 Å². The Morgan fingerprint density at radius 1 is 1.12 bits per heavy atom. The van der Waals surface area contributed by atoms with Crippen molar-refractivity contribution in [2.24, 2.45) is 0 Å². The maximum atomic E-state index is 13.0.